The van der Waals surface area contributed by atoms with Crippen molar-refractivity contribution in [3.63, 3.8) is 0 Å². The van der Waals surface area contributed by atoms with E-state index in [-0.39, 0.29) is 0 Å². The molecule has 0 aromatic carbocycles. The van der Waals surface area contributed by atoms with Gasteiger partial charge in [-0.15, -0.1) is 18.2 Å². The van der Waals surface area contributed by atoms with Gasteiger partial charge in [0.1, 0.15) is 0 Å². The van der Waals surface area contributed by atoms with Gasteiger partial charge in [-0.1, -0.05) is 12.5 Å². The van der Waals surface area contributed by atoms with Gasteiger partial charge in [0.05, 0.1) is 0 Å². The quantitative estimate of drug-likeness (QED) is 0.468. The van der Waals surface area contributed by atoms with Crippen LogP contribution in [0.3, 0.4) is 0 Å². The molecule has 1 nitrogen and oxygen atoms in total. The van der Waals surface area contributed by atoms with Crippen LogP contribution in [0.2, 0.25) is 0 Å². The van der Waals surface area contributed by atoms with Gasteiger partial charge in [0.25, 0.3) is 0 Å². The van der Waals surface area contributed by atoms with Crippen molar-refractivity contribution in [3.8, 4) is 0 Å². The van der Waals surface area contributed by atoms with Gasteiger partial charge in [0, 0.05) is 18.5 Å². The molecule has 1 fully saturated rings. The lowest BCUT2D eigenvalue weighted by Gasteiger charge is -2.33. The van der Waals surface area contributed by atoms with Crippen molar-refractivity contribution in [1.82, 2.24) is 4.90 Å². The fourth-order valence-electron chi connectivity index (χ4n) is 1.64. The van der Waals surface area contributed by atoms with Crippen molar-refractivity contribution in [2.45, 2.75) is 25.3 Å². The van der Waals surface area contributed by atoms with Crippen LogP contribution in [-0.4, -0.2) is 29.9 Å². The Morgan fingerprint density at radius 1 is 1.55 bits per heavy atom. The second-order valence-corrected chi connectivity index (χ2v) is 3.40. The molecule has 0 bridgehead atoms. The van der Waals surface area contributed by atoms with Gasteiger partial charge in [-0.3, -0.25) is 4.90 Å². The first-order valence-corrected chi connectivity index (χ1v) is 4.83. The van der Waals surface area contributed by atoms with E-state index in [1.54, 1.807) is 0 Å². The van der Waals surface area contributed by atoms with E-state index in [2.05, 4.69) is 11.5 Å². The van der Waals surface area contributed by atoms with Crippen LogP contribution in [0.1, 0.15) is 19.3 Å². The average Bonchev–Trinajstić information content (AvgIpc) is 2.06. The first-order valence-electron chi connectivity index (χ1n) is 4.29. The minimum atomic E-state index is 0.600. The first kappa shape index (κ1) is 9.08. The van der Waals surface area contributed by atoms with E-state index in [4.69, 9.17) is 11.6 Å². The zero-order valence-corrected chi connectivity index (χ0v) is 7.69. The van der Waals surface area contributed by atoms with Gasteiger partial charge in [-0.05, 0) is 19.4 Å². The Hall–Kier alpha value is -0.0100. The number of nitrogens with zero attached hydrogens (tertiary/aromatic N) is 1. The number of halogens is 1. The molecular formula is C9H16ClN. The van der Waals surface area contributed by atoms with Crippen LogP contribution >= 0.6 is 11.6 Å². The molecule has 0 N–H and O–H groups in total. The number of alkyl halides is 1. The van der Waals surface area contributed by atoms with Gasteiger partial charge in [0.15, 0.2) is 0 Å². The maximum atomic E-state index is 5.83. The molecule has 0 radical (unpaired) electrons. The molecule has 64 valence electrons. The molecule has 1 rings (SSSR count). The predicted octanol–water partition coefficient (Wildman–Crippen LogP) is 2.27. The summed E-state index contributed by atoms with van der Waals surface area (Å²) in [6.45, 7) is 5.93. The van der Waals surface area contributed by atoms with E-state index >= 15 is 0 Å². The maximum absolute atomic E-state index is 5.83. The minimum absolute atomic E-state index is 0.600. The largest absolute Gasteiger partial charge is 0.296 e. The second kappa shape index (κ2) is 4.78. The van der Waals surface area contributed by atoms with Crippen LogP contribution in [0.15, 0.2) is 12.7 Å². The summed E-state index contributed by atoms with van der Waals surface area (Å²) >= 11 is 5.83. The molecule has 0 saturated carbocycles. The third kappa shape index (κ3) is 2.49. The average molecular weight is 174 g/mol. The van der Waals surface area contributed by atoms with Crippen molar-refractivity contribution in [3.05, 3.63) is 12.7 Å². The molecule has 11 heavy (non-hydrogen) atoms. The molecule has 2 heteroatoms. The highest BCUT2D eigenvalue weighted by Gasteiger charge is 2.19. The summed E-state index contributed by atoms with van der Waals surface area (Å²) in [6, 6.07) is 0.600. The molecule has 1 saturated heterocycles. The highest BCUT2D eigenvalue weighted by Crippen LogP contribution is 2.17. The molecule has 1 heterocycles. The monoisotopic (exact) mass is 173 g/mol. The van der Waals surface area contributed by atoms with E-state index in [0.717, 1.165) is 12.4 Å². The molecular weight excluding hydrogens is 158 g/mol. The van der Waals surface area contributed by atoms with Crippen molar-refractivity contribution in [1.29, 1.82) is 0 Å². The fraction of sp³-hybridized carbons (Fsp3) is 0.778. The number of hydrogen-bond acceptors (Lipinski definition) is 1. The fourth-order valence-corrected chi connectivity index (χ4v) is 1.99. The summed E-state index contributed by atoms with van der Waals surface area (Å²) < 4.78 is 0. The number of likely N-dealkylation sites (tertiary alicyclic amines) is 1. The highest BCUT2D eigenvalue weighted by molar-refractivity contribution is 6.18. The number of rotatable bonds is 3. The van der Waals surface area contributed by atoms with Gasteiger partial charge < -0.3 is 0 Å². The standard InChI is InChI=1S/C9H16ClN/c1-2-6-11-7-4-3-5-9(11)8-10/h2,9H,1,3-8H2. The van der Waals surface area contributed by atoms with Crippen molar-refractivity contribution in [2.75, 3.05) is 19.0 Å². The zero-order chi connectivity index (χ0) is 8.10. The number of hydrogen-bond donors (Lipinski definition) is 0. The third-order valence-corrected chi connectivity index (χ3v) is 2.65. The van der Waals surface area contributed by atoms with Gasteiger partial charge in [-0.2, -0.15) is 0 Å². The Kier molecular flexibility index (Phi) is 3.95. The molecule has 0 spiro atoms. The summed E-state index contributed by atoms with van der Waals surface area (Å²) in [6.07, 6.45) is 5.88. The molecule has 0 aliphatic carbocycles. The second-order valence-electron chi connectivity index (χ2n) is 3.09. The van der Waals surface area contributed by atoms with Crippen molar-refractivity contribution >= 4 is 11.6 Å². The maximum Gasteiger partial charge on any atom is 0.0379 e. The Morgan fingerprint density at radius 3 is 3.00 bits per heavy atom. The molecule has 0 aromatic heterocycles. The van der Waals surface area contributed by atoms with Gasteiger partial charge >= 0.3 is 0 Å². The van der Waals surface area contributed by atoms with Gasteiger partial charge in [-0.25, -0.2) is 0 Å². The topological polar surface area (TPSA) is 3.24 Å². The first-order chi connectivity index (χ1) is 5.38. The Morgan fingerprint density at radius 2 is 2.36 bits per heavy atom. The smallest absolute Gasteiger partial charge is 0.0379 e. The van der Waals surface area contributed by atoms with E-state index in [9.17, 15) is 0 Å². The Balaban J connectivity index is 2.37. The molecule has 0 aromatic rings. The molecule has 1 aliphatic heterocycles. The van der Waals surface area contributed by atoms with E-state index < -0.39 is 0 Å². The van der Waals surface area contributed by atoms with Crippen LogP contribution in [0.5, 0.6) is 0 Å². The summed E-state index contributed by atoms with van der Waals surface area (Å²) in [7, 11) is 0. The van der Waals surface area contributed by atoms with Crippen LogP contribution in [-0.2, 0) is 0 Å². The lowest BCUT2D eigenvalue weighted by molar-refractivity contribution is 0.181. The van der Waals surface area contributed by atoms with Crippen molar-refractivity contribution in [2.24, 2.45) is 0 Å². The van der Waals surface area contributed by atoms with Crippen LogP contribution < -0.4 is 0 Å². The van der Waals surface area contributed by atoms with Crippen LogP contribution in [0.25, 0.3) is 0 Å². The van der Waals surface area contributed by atoms with Gasteiger partial charge in [0.2, 0.25) is 0 Å². The normalized spacial score (nSPS) is 26.8. The van der Waals surface area contributed by atoms with Crippen LogP contribution in [0, 0.1) is 0 Å². The number of piperidine rings is 1. The molecule has 1 aliphatic rings. The lowest BCUT2D eigenvalue weighted by atomic mass is 10.0. The Labute approximate surface area is 74.0 Å². The summed E-state index contributed by atoms with van der Waals surface area (Å²) in [5.41, 5.74) is 0. The lowest BCUT2D eigenvalue weighted by Crippen LogP contribution is -2.40. The summed E-state index contributed by atoms with van der Waals surface area (Å²) in [5, 5.41) is 0. The SMILES string of the molecule is C=CCN1CCCCC1CCl. The predicted molar refractivity (Wildman–Crippen MR) is 50.1 cm³/mol. The Bertz CT molecular complexity index is 125. The third-order valence-electron chi connectivity index (χ3n) is 2.29. The molecule has 1 atom stereocenters. The molecule has 0 amide bonds. The van der Waals surface area contributed by atoms with E-state index in [1.165, 1.54) is 25.8 Å². The van der Waals surface area contributed by atoms with Crippen LogP contribution in [0.4, 0.5) is 0 Å². The summed E-state index contributed by atoms with van der Waals surface area (Å²) in [4.78, 5) is 2.42. The minimum Gasteiger partial charge on any atom is -0.296 e. The summed E-state index contributed by atoms with van der Waals surface area (Å²) in [5.74, 6) is 0.772. The molecule has 1 unspecified atom stereocenters. The highest BCUT2D eigenvalue weighted by atomic mass is 35.5. The zero-order valence-electron chi connectivity index (χ0n) is 6.93. The van der Waals surface area contributed by atoms with Crippen molar-refractivity contribution < 1.29 is 0 Å². The van der Waals surface area contributed by atoms with E-state index in [1.807, 2.05) is 6.08 Å². The van der Waals surface area contributed by atoms with E-state index in [0.29, 0.717) is 6.04 Å².